The van der Waals surface area contributed by atoms with Crippen LogP contribution >= 0.6 is 0 Å². The Morgan fingerprint density at radius 2 is 1.90 bits per heavy atom. The summed E-state index contributed by atoms with van der Waals surface area (Å²) in [4.78, 5) is 3.73. The molecule has 1 rings (SSSR count). The smallest absolute Gasteiger partial charge is 1.00 e. The standard InChI is InChI=1S/C5H4N.BrH.ClH.Li.Zn/c1-2-4-6-5-3-1;;;;/h1-2,4-5H;2*1H;;/q-1;;;+1;+2/p-2. The minimum absolute atomic E-state index is 0. The van der Waals surface area contributed by atoms with Crippen molar-refractivity contribution in [3.8, 4) is 0 Å². The van der Waals surface area contributed by atoms with Crippen molar-refractivity contribution in [1.29, 1.82) is 0 Å². The zero-order valence-corrected chi connectivity index (χ0v) is 11.0. The second-order valence-electron chi connectivity index (χ2n) is 0.953. The summed E-state index contributed by atoms with van der Waals surface area (Å²) in [5.74, 6) is 0. The van der Waals surface area contributed by atoms with Gasteiger partial charge in [-0.05, 0) is 0 Å². The summed E-state index contributed by atoms with van der Waals surface area (Å²) in [7, 11) is 0. The van der Waals surface area contributed by atoms with E-state index in [0.717, 1.165) is 0 Å². The Morgan fingerprint density at radius 1 is 1.30 bits per heavy atom. The molecule has 0 radical (unpaired) electrons. The van der Waals surface area contributed by atoms with Gasteiger partial charge < -0.3 is 34.4 Å². The van der Waals surface area contributed by atoms with Crippen LogP contribution in [0.15, 0.2) is 24.5 Å². The van der Waals surface area contributed by atoms with Gasteiger partial charge in [-0.15, -0.1) is 0 Å². The number of nitrogens with zero attached hydrogens (tertiary/aromatic N) is 1. The monoisotopic (exact) mass is 263 g/mol. The summed E-state index contributed by atoms with van der Waals surface area (Å²) in [5, 5.41) is 0. The first-order chi connectivity index (χ1) is 3.00. The van der Waals surface area contributed by atoms with Crippen LogP contribution in [0, 0.1) is 6.07 Å². The van der Waals surface area contributed by atoms with Crippen LogP contribution in [0.25, 0.3) is 0 Å². The van der Waals surface area contributed by atoms with Gasteiger partial charge in [0.05, 0.1) is 0 Å². The summed E-state index contributed by atoms with van der Waals surface area (Å²) in [6, 6.07) is 6.43. The molecule has 0 unspecified atom stereocenters. The SMILES string of the molecule is [Br-].[Cl-].[Li+].[Zn+2].[c-]1cccnc1. The number of hydrogen-bond donors (Lipinski definition) is 0. The Morgan fingerprint density at radius 3 is 2.00 bits per heavy atom. The molecule has 0 bridgehead atoms. The summed E-state index contributed by atoms with van der Waals surface area (Å²) >= 11 is 0. The van der Waals surface area contributed by atoms with Crippen molar-refractivity contribution < 1.29 is 67.7 Å². The van der Waals surface area contributed by atoms with E-state index >= 15 is 0 Å². The summed E-state index contributed by atoms with van der Waals surface area (Å²) in [6.07, 6.45) is 3.34. The van der Waals surface area contributed by atoms with E-state index in [1.807, 2.05) is 12.1 Å². The first-order valence-corrected chi connectivity index (χ1v) is 1.76. The molecule has 0 amide bonds. The number of pyridine rings is 1. The summed E-state index contributed by atoms with van der Waals surface area (Å²) < 4.78 is 0. The first kappa shape index (κ1) is 22.5. The largest absolute Gasteiger partial charge is 2.00 e. The van der Waals surface area contributed by atoms with Crippen molar-refractivity contribution in [1.82, 2.24) is 4.98 Å². The van der Waals surface area contributed by atoms with Crippen molar-refractivity contribution >= 4 is 0 Å². The van der Waals surface area contributed by atoms with E-state index < -0.39 is 0 Å². The molecule has 5 heteroatoms. The maximum Gasteiger partial charge on any atom is 2.00 e. The van der Waals surface area contributed by atoms with Crippen LogP contribution in [0.3, 0.4) is 0 Å². The van der Waals surface area contributed by atoms with Crippen LogP contribution in [-0.4, -0.2) is 4.98 Å². The Balaban J connectivity index is -0.0000000450. The number of hydrogen-bond acceptors (Lipinski definition) is 1. The van der Waals surface area contributed by atoms with E-state index in [1.54, 1.807) is 12.4 Å². The first-order valence-electron chi connectivity index (χ1n) is 1.76. The van der Waals surface area contributed by atoms with Gasteiger partial charge in [0, 0.05) is 0 Å². The third kappa shape index (κ3) is 11.9. The molecule has 0 fully saturated rings. The average molecular weight is 266 g/mol. The van der Waals surface area contributed by atoms with Crippen LogP contribution in [0.4, 0.5) is 0 Å². The molecular weight excluding hydrogens is 262 g/mol. The van der Waals surface area contributed by atoms with Gasteiger partial charge in [0.25, 0.3) is 0 Å². The second-order valence-corrected chi connectivity index (χ2v) is 0.953. The quantitative estimate of drug-likeness (QED) is 0.336. The van der Waals surface area contributed by atoms with Gasteiger partial charge in [0.15, 0.2) is 0 Å². The van der Waals surface area contributed by atoms with Gasteiger partial charge in [-0.2, -0.15) is 6.07 Å². The zero-order chi connectivity index (χ0) is 4.24. The van der Waals surface area contributed by atoms with E-state index in [-0.39, 0.29) is 67.7 Å². The van der Waals surface area contributed by atoms with E-state index in [0.29, 0.717) is 0 Å². The molecule has 46 valence electrons. The predicted molar refractivity (Wildman–Crippen MR) is 23.1 cm³/mol. The van der Waals surface area contributed by atoms with Gasteiger partial charge in [-0.25, -0.2) is 12.1 Å². The van der Waals surface area contributed by atoms with Gasteiger partial charge in [0.2, 0.25) is 0 Å². The van der Waals surface area contributed by atoms with Crippen molar-refractivity contribution in [2.24, 2.45) is 0 Å². The van der Waals surface area contributed by atoms with Crippen LogP contribution in [0.2, 0.25) is 0 Å². The van der Waals surface area contributed by atoms with Crippen molar-refractivity contribution in [2.75, 3.05) is 0 Å². The molecule has 1 aromatic heterocycles. The third-order valence-corrected chi connectivity index (χ3v) is 0.514. The molecule has 0 saturated carbocycles. The zero-order valence-electron chi connectivity index (χ0n) is 5.72. The van der Waals surface area contributed by atoms with Crippen molar-refractivity contribution in [3.63, 3.8) is 0 Å². The molecule has 0 aliphatic heterocycles. The molecule has 0 saturated heterocycles. The number of halogens is 2. The number of rotatable bonds is 0. The molecule has 1 heterocycles. The molecule has 1 nitrogen and oxygen atoms in total. The van der Waals surface area contributed by atoms with E-state index in [9.17, 15) is 0 Å². The van der Waals surface area contributed by atoms with Gasteiger partial charge in [0.1, 0.15) is 0 Å². The van der Waals surface area contributed by atoms with Crippen LogP contribution in [0.5, 0.6) is 0 Å². The van der Waals surface area contributed by atoms with E-state index in [1.165, 1.54) is 0 Å². The minimum Gasteiger partial charge on any atom is -1.00 e. The topological polar surface area (TPSA) is 12.9 Å². The fraction of sp³-hybridized carbons (Fsp3) is 0. The van der Waals surface area contributed by atoms with Gasteiger partial charge in [-0.3, -0.25) is 0 Å². The molecule has 0 atom stereocenters. The average Bonchev–Trinajstić information content (AvgIpc) is 1.72. The fourth-order valence-electron chi connectivity index (χ4n) is 0.277. The van der Waals surface area contributed by atoms with Gasteiger partial charge >= 0.3 is 38.3 Å². The third-order valence-electron chi connectivity index (χ3n) is 0.514. The molecule has 0 N–H and O–H groups in total. The molecule has 0 aliphatic rings. The normalized spacial score (nSPS) is 4.80. The summed E-state index contributed by atoms with van der Waals surface area (Å²) in [5.41, 5.74) is 0. The Labute approximate surface area is 102 Å². The van der Waals surface area contributed by atoms with E-state index in [2.05, 4.69) is 11.1 Å². The van der Waals surface area contributed by atoms with Crippen LogP contribution in [0.1, 0.15) is 0 Å². The molecular formula is C5H4BrClLiNZn. The Bertz CT molecular complexity index is 93.6. The minimum atomic E-state index is 0. The maximum atomic E-state index is 3.73. The maximum absolute atomic E-state index is 3.73. The Hall–Kier alpha value is 1.14. The van der Waals surface area contributed by atoms with Crippen LogP contribution < -0.4 is 48.2 Å². The molecule has 0 aromatic carbocycles. The van der Waals surface area contributed by atoms with Crippen molar-refractivity contribution in [2.45, 2.75) is 0 Å². The summed E-state index contributed by atoms with van der Waals surface area (Å²) in [6.45, 7) is 0. The molecule has 1 aromatic rings. The molecule has 10 heavy (non-hydrogen) atoms. The van der Waals surface area contributed by atoms with Crippen LogP contribution in [-0.2, 0) is 19.5 Å². The van der Waals surface area contributed by atoms with Crippen molar-refractivity contribution in [3.05, 3.63) is 30.6 Å². The predicted octanol–water partition coefficient (Wildman–Crippen LogP) is -8.11. The molecule has 0 aliphatic carbocycles. The fourth-order valence-corrected chi connectivity index (χ4v) is 0.277. The van der Waals surface area contributed by atoms with Gasteiger partial charge in [-0.1, -0.05) is 12.4 Å². The molecule has 0 spiro atoms. The Kier molecular flexibility index (Phi) is 37.3. The second kappa shape index (κ2) is 16.6. The van der Waals surface area contributed by atoms with E-state index in [4.69, 9.17) is 0 Å². The number of aromatic nitrogens is 1.